The van der Waals surface area contributed by atoms with Crippen LogP contribution in [-0.2, 0) is 23.0 Å². The largest absolute Gasteiger partial charge is 0.334 e. The molecule has 0 aliphatic rings. The van der Waals surface area contributed by atoms with Crippen LogP contribution in [0.1, 0.15) is 18.3 Å². The molecule has 5 nitrogen and oxygen atoms in total. The third-order valence-corrected chi connectivity index (χ3v) is 5.19. The van der Waals surface area contributed by atoms with Gasteiger partial charge in [-0.2, -0.15) is 0 Å². The van der Waals surface area contributed by atoms with Gasteiger partial charge >= 0.3 is 0 Å². The quantitative estimate of drug-likeness (QED) is 0.875. The summed E-state index contributed by atoms with van der Waals surface area (Å²) in [5.74, 6) is 0.352. The Labute approximate surface area is 134 Å². The van der Waals surface area contributed by atoms with Gasteiger partial charge in [-0.3, -0.25) is 0 Å². The van der Waals surface area contributed by atoms with Gasteiger partial charge in [0, 0.05) is 31.9 Å². The van der Waals surface area contributed by atoms with Crippen molar-refractivity contribution in [2.75, 3.05) is 6.54 Å². The van der Waals surface area contributed by atoms with E-state index in [0.717, 1.165) is 18.3 Å². The van der Waals surface area contributed by atoms with Crippen LogP contribution in [0.2, 0.25) is 5.02 Å². The van der Waals surface area contributed by atoms with E-state index in [-0.39, 0.29) is 22.0 Å². The van der Waals surface area contributed by atoms with Crippen molar-refractivity contribution in [3.05, 3.63) is 46.8 Å². The van der Waals surface area contributed by atoms with Crippen LogP contribution in [0.25, 0.3) is 0 Å². The number of nitrogens with zero attached hydrogens (tertiary/aromatic N) is 2. The van der Waals surface area contributed by atoms with E-state index in [1.807, 2.05) is 11.5 Å². The number of aryl methyl sites for hydroxylation is 2. The second-order valence-corrected chi connectivity index (χ2v) is 6.96. The lowest BCUT2D eigenvalue weighted by atomic mass is 10.2. The number of hydrogen-bond acceptors (Lipinski definition) is 3. The summed E-state index contributed by atoms with van der Waals surface area (Å²) < 4.78 is 42.2. The zero-order valence-electron chi connectivity index (χ0n) is 12.3. The van der Waals surface area contributed by atoms with E-state index in [9.17, 15) is 12.8 Å². The highest BCUT2D eigenvalue weighted by molar-refractivity contribution is 7.89. The molecule has 1 heterocycles. The Kier molecular flexibility index (Phi) is 5.20. The van der Waals surface area contributed by atoms with Gasteiger partial charge in [0.15, 0.2) is 0 Å². The molecule has 2 aromatic rings. The molecule has 0 bridgehead atoms. The van der Waals surface area contributed by atoms with Crippen molar-refractivity contribution < 1.29 is 12.8 Å². The van der Waals surface area contributed by atoms with Crippen molar-refractivity contribution in [1.82, 2.24) is 14.3 Å². The van der Waals surface area contributed by atoms with Crippen molar-refractivity contribution in [2.45, 2.75) is 31.7 Å². The minimum Gasteiger partial charge on any atom is -0.334 e. The van der Waals surface area contributed by atoms with Gasteiger partial charge in [0.25, 0.3) is 0 Å². The van der Waals surface area contributed by atoms with Crippen LogP contribution in [0.3, 0.4) is 0 Å². The van der Waals surface area contributed by atoms with E-state index in [1.54, 1.807) is 12.4 Å². The second-order valence-electron chi connectivity index (χ2n) is 4.82. The van der Waals surface area contributed by atoms with Crippen molar-refractivity contribution in [1.29, 1.82) is 0 Å². The van der Waals surface area contributed by atoms with Crippen molar-refractivity contribution in [3.63, 3.8) is 0 Å². The van der Waals surface area contributed by atoms with Gasteiger partial charge < -0.3 is 4.57 Å². The maximum atomic E-state index is 13.4. The van der Waals surface area contributed by atoms with Crippen LogP contribution in [0.4, 0.5) is 4.39 Å². The molecule has 2 rings (SSSR count). The number of halogens is 2. The Hall–Kier alpha value is -1.44. The number of aromatic nitrogens is 2. The number of nitrogens with one attached hydrogen (secondary N) is 1. The van der Waals surface area contributed by atoms with Gasteiger partial charge in [0.05, 0.1) is 5.02 Å². The van der Waals surface area contributed by atoms with E-state index in [4.69, 9.17) is 11.6 Å². The molecule has 0 aliphatic carbocycles. The Morgan fingerprint density at radius 3 is 2.82 bits per heavy atom. The standard InChI is InChI=1S/C14H17ClFN3O2S/c1-3-14-17-4-6-19(14)7-5-18-22(20,21)13-8-10(2)12(16)9-11(13)15/h4,6,8-9,18H,3,5,7H2,1-2H3. The lowest BCUT2D eigenvalue weighted by molar-refractivity contribution is 0.568. The molecule has 1 aromatic heterocycles. The Morgan fingerprint density at radius 2 is 2.14 bits per heavy atom. The molecule has 0 fully saturated rings. The molecule has 1 N–H and O–H groups in total. The number of benzene rings is 1. The lowest BCUT2D eigenvalue weighted by Crippen LogP contribution is -2.28. The summed E-state index contributed by atoms with van der Waals surface area (Å²) in [4.78, 5) is 4.05. The molecule has 0 amide bonds. The van der Waals surface area contributed by atoms with Crippen LogP contribution in [0.15, 0.2) is 29.4 Å². The van der Waals surface area contributed by atoms with Gasteiger partial charge in [-0.1, -0.05) is 18.5 Å². The molecule has 120 valence electrons. The van der Waals surface area contributed by atoms with Gasteiger partial charge in [-0.25, -0.2) is 22.5 Å². The van der Waals surface area contributed by atoms with Crippen molar-refractivity contribution >= 4 is 21.6 Å². The molecule has 0 radical (unpaired) electrons. The third kappa shape index (κ3) is 3.66. The highest BCUT2D eigenvalue weighted by Gasteiger charge is 2.19. The van der Waals surface area contributed by atoms with Crippen LogP contribution < -0.4 is 4.72 Å². The van der Waals surface area contributed by atoms with Gasteiger partial charge in [-0.05, 0) is 24.6 Å². The Morgan fingerprint density at radius 1 is 1.41 bits per heavy atom. The highest BCUT2D eigenvalue weighted by Crippen LogP contribution is 2.24. The fourth-order valence-corrected chi connectivity index (χ4v) is 3.69. The molecule has 0 spiro atoms. The number of rotatable bonds is 6. The summed E-state index contributed by atoms with van der Waals surface area (Å²) >= 11 is 5.84. The van der Waals surface area contributed by atoms with Gasteiger partial charge in [0.1, 0.15) is 16.5 Å². The molecular formula is C14H17ClFN3O2S. The van der Waals surface area contributed by atoms with E-state index >= 15 is 0 Å². The van der Waals surface area contributed by atoms with E-state index < -0.39 is 15.8 Å². The minimum atomic E-state index is -3.79. The average molecular weight is 346 g/mol. The number of hydrogen-bond donors (Lipinski definition) is 1. The number of imidazole rings is 1. The van der Waals surface area contributed by atoms with E-state index in [2.05, 4.69) is 9.71 Å². The van der Waals surface area contributed by atoms with E-state index in [1.165, 1.54) is 13.0 Å². The lowest BCUT2D eigenvalue weighted by Gasteiger charge is -2.11. The Bertz CT molecular complexity index is 774. The molecule has 0 aliphatic heterocycles. The maximum Gasteiger partial charge on any atom is 0.242 e. The predicted molar refractivity (Wildman–Crippen MR) is 82.9 cm³/mol. The Balaban J connectivity index is 2.10. The summed E-state index contributed by atoms with van der Waals surface area (Å²) in [5, 5.41) is -0.132. The van der Waals surface area contributed by atoms with E-state index in [0.29, 0.717) is 6.54 Å². The normalized spacial score (nSPS) is 11.8. The molecule has 1 aromatic carbocycles. The second kappa shape index (κ2) is 6.76. The molecule has 8 heteroatoms. The molecular weight excluding hydrogens is 329 g/mol. The van der Waals surface area contributed by atoms with Crippen molar-refractivity contribution in [3.8, 4) is 0 Å². The van der Waals surface area contributed by atoms with Crippen LogP contribution in [-0.4, -0.2) is 24.5 Å². The SMILES string of the molecule is CCc1nccn1CCNS(=O)(=O)c1cc(C)c(F)cc1Cl. The molecule has 0 saturated heterocycles. The number of sulfonamides is 1. The summed E-state index contributed by atoms with van der Waals surface area (Å²) in [6.07, 6.45) is 4.23. The minimum absolute atomic E-state index is 0.116. The van der Waals surface area contributed by atoms with Gasteiger partial charge in [0.2, 0.25) is 10.0 Å². The fraction of sp³-hybridized carbons (Fsp3) is 0.357. The van der Waals surface area contributed by atoms with Crippen LogP contribution in [0.5, 0.6) is 0 Å². The fourth-order valence-electron chi connectivity index (χ4n) is 2.07. The first-order chi connectivity index (χ1) is 10.3. The summed E-state index contributed by atoms with van der Waals surface area (Å²) in [6.45, 7) is 4.12. The first-order valence-corrected chi connectivity index (χ1v) is 8.66. The topological polar surface area (TPSA) is 64.0 Å². The molecule has 0 atom stereocenters. The maximum absolute atomic E-state index is 13.4. The first kappa shape index (κ1) is 16.9. The van der Waals surface area contributed by atoms with Crippen LogP contribution in [0, 0.1) is 12.7 Å². The first-order valence-electron chi connectivity index (χ1n) is 6.80. The van der Waals surface area contributed by atoms with Gasteiger partial charge in [-0.15, -0.1) is 0 Å². The summed E-state index contributed by atoms with van der Waals surface area (Å²) in [5.41, 5.74) is 0.229. The molecule has 0 saturated carbocycles. The van der Waals surface area contributed by atoms with Crippen molar-refractivity contribution in [2.24, 2.45) is 0 Å². The summed E-state index contributed by atoms with van der Waals surface area (Å²) in [7, 11) is -3.79. The van der Waals surface area contributed by atoms with Crippen LogP contribution >= 0.6 is 11.6 Å². The monoisotopic (exact) mass is 345 g/mol. The average Bonchev–Trinajstić information content (AvgIpc) is 2.90. The highest BCUT2D eigenvalue weighted by atomic mass is 35.5. The third-order valence-electron chi connectivity index (χ3n) is 3.27. The molecule has 22 heavy (non-hydrogen) atoms. The zero-order valence-corrected chi connectivity index (χ0v) is 13.9. The smallest absolute Gasteiger partial charge is 0.242 e. The predicted octanol–water partition coefficient (Wildman–Crippen LogP) is 2.52. The zero-order chi connectivity index (χ0) is 16.3. The molecule has 0 unspecified atom stereocenters. The summed E-state index contributed by atoms with van der Waals surface area (Å²) in [6, 6.07) is 2.24.